The van der Waals surface area contributed by atoms with Crippen molar-refractivity contribution in [2.75, 3.05) is 31.1 Å². The lowest BCUT2D eigenvalue weighted by Crippen LogP contribution is -2.50. The van der Waals surface area contributed by atoms with E-state index in [1.807, 2.05) is 0 Å². The molecule has 2 amide bonds. The van der Waals surface area contributed by atoms with Crippen molar-refractivity contribution >= 4 is 17.5 Å². The number of amides is 2. The summed E-state index contributed by atoms with van der Waals surface area (Å²) in [6, 6.07) is 6.16. The lowest BCUT2D eigenvalue weighted by molar-refractivity contribution is -0.129. The van der Waals surface area contributed by atoms with Crippen LogP contribution in [0.2, 0.25) is 0 Å². The number of piperidine rings is 1. The molecule has 2 aliphatic heterocycles. The molecule has 0 radical (unpaired) electrons. The number of anilines is 1. The predicted octanol–water partition coefficient (Wildman–Crippen LogP) is 2.56. The molecule has 6 heteroatoms. The van der Waals surface area contributed by atoms with E-state index in [0.29, 0.717) is 25.2 Å². The van der Waals surface area contributed by atoms with Gasteiger partial charge in [-0.3, -0.25) is 14.5 Å². The summed E-state index contributed by atoms with van der Waals surface area (Å²) in [6.45, 7) is 4.77. The summed E-state index contributed by atoms with van der Waals surface area (Å²) in [5, 5.41) is 3.01. The average Bonchev–Trinajstić information content (AvgIpc) is 3.03. The minimum Gasteiger partial charge on any atom is -0.356 e. The van der Waals surface area contributed by atoms with Gasteiger partial charge in [-0.2, -0.15) is 0 Å². The summed E-state index contributed by atoms with van der Waals surface area (Å²) < 4.78 is 14.0. The number of carbonyl (C=O) groups excluding carboxylic acids is 2. The molecule has 5 nitrogen and oxygen atoms in total. The van der Waals surface area contributed by atoms with Gasteiger partial charge in [0.1, 0.15) is 5.82 Å². The van der Waals surface area contributed by atoms with Gasteiger partial charge >= 0.3 is 0 Å². The van der Waals surface area contributed by atoms with E-state index in [9.17, 15) is 14.0 Å². The van der Waals surface area contributed by atoms with Gasteiger partial charge in [0.2, 0.25) is 11.8 Å². The van der Waals surface area contributed by atoms with Crippen LogP contribution in [0, 0.1) is 11.7 Å². The number of halogens is 1. The standard InChI is InChI=1S/C20H28FN3O2/c1-2-3-11-22-19(25)15-7-6-12-23(14-15)18-10-13-24(20(18)26)17-9-5-4-8-16(17)21/h4-5,8-9,15,18H,2-3,6-7,10-14H2,1H3,(H,22,25). The Morgan fingerprint density at radius 3 is 2.85 bits per heavy atom. The van der Waals surface area contributed by atoms with Gasteiger partial charge in [0, 0.05) is 19.6 Å². The van der Waals surface area contributed by atoms with Crippen LogP contribution in [0.5, 0.6) is 0 Å². The number of unbranched alkanes of at least 4 members (excludes halogenated alkanes) is 1. The van der Waals surface area contributed by atoms with E-state index in [2.05, 4.69) is 17.1 Å². The maximum atomic E-state index is 14.0. The second-order valence-electron chi connectivity index (χ2n) is 7.22. The molecule has 1 aromatic carbocycles. The third-order valence-corrected chi connectivity index (χ3v) is 5.41. The van der Waals surface area contributed by atoms with Crippen LogP contribution in [0.4, 0.5) is 10.1 Å². The van der Waals surface area contributed by atoms with E-state index in [1.54, 1.807) is 23.1 Å². The molecule has 0 spiro atoms. The van der Waals surface area contributed by atoms with E-state index in [-0.39, 0.29) is 29.6 Å². The van der Waals surface area contributed by atoms with Crippen molar-refractivity contribution in [3.63, 3.8) is 0 Å². The second kappa shape index (κ2) is 8.62. The minimum atomic E-state index is -0.367. The second-order valence-corrected chi connectivity index (χ2v) is 7.22. The topological polar surface area (TPSA) is 52.7 Å². The maximum absolute atomic E-state index is 14.0. The smallest absolute Gasteiger partial charge is 0.244 e. The highest BCUT2D eigenvalue weighted by molar-refractivity contribution is 5.99. The van der Waals surface area contributed by atoms with Crippen molar-refractivity contribution in [3.05, 3.63) is 30.1 Å². The highest BCUT2D eigenvalue weighted by Crippen LogP contribution is 2.29. The third-order valence-electron chi connectivity index (χ3n) is 5.41. The first-order chi connectivity index (χ1) is 12.6. The van der Waals surface area contributed by atoms with Gasteiger partial charge in [-0.1, -0.05) is 25.5 Å². The minimum absolute atomic E-state index is 0.0536. The summed E-state index contributed by atoms with van der Waals surface area (Å²) in [6.07, 6.45) is 4.50. The molecule has 2 aliphatic rings. The fraction of sp³-hybridized carbons (Fsp3) is 0.600. The highest BCUT2D eigenvalue weighted by atomic mass is 19.1. The lowest BCUT2D eigenvalue weighted by atomic mass is 9.95. The summed E-state index contributed by atoms with van der Waals surface area (Å²) in [4.78, 5) is 28.9. The van der Waals surface area contributed by atoms with Crippen molar-refractivity contribution in [2.45, 2.75) is 45.1 Å². The van der Waals surface area contributed by atoms with Crippen molar-refractivity contribution in [2.24, 2.45) is 5.92 Å². The number of carbonyl (C=O) groups is 2. The summed E-state index contributed by atoms with van der Waals surface area (Å²) in [7, 11) is 0. The Labute approximate surface area is 154 Å². The van der Waals surface area contributed by atoms with E-state index < -0.39 is 0 Å². The zero-order valence-electron chi connectivity index (χ0n) is 15.4. The van der Waals surface area contributed by atoms with Crippen molar-refractivity contribution in [1.82, 2.24) is 10.2 Å². The number of para-hydroxylation sites is 1. The molecule has 1 N–H and O–H groups in total. The molecular weight excluding hydrogens is 333 g/mol. The van der Waals surface area contributed by atoms with Gasteiger partial charge in [-0.05, 0) is 44.4 Å². The number of likely N-dealkylation sites (tertiary alicyclic amines) is 1. The Kier molecular flexibility index (Phi) is 6.25. The number of nitrogens with zero attached hydrogens (tertiary/aromatic N) is 2. The van der Waals surface area contributed by atoms with Crippen molar-refractivity contribution in [1.29, 1.82) is 0 Å². The monoisotopic (exact) mass is 361 g/mol. The van der Waals surface area contributed by atoms with Crippen molar-refractivity contribution in [3.8, 4) is 0 Å². The van der Waals surface area contributed by atoms with Gasteiger partial charge in [-0.15, -0.1) is 0 Å². The number of nitrogens with one attached hydrogen (secondary N) is 1. The lowest BCUT2D eigenvalue weighted by Gasteiger charge is -2.35. The Morgan fingerprint density at radius 1 is 1.27 bits per heavy atom. The van der Waals surface area contributed by atoms with E-state index >= 15 is 0 Å². The fourth-order valence-electron chi connectivity index (χ4n) is 3.95. The predicted molar refractivity (Wildman–Crippen MR) is 99.4 cm³/mol. The van der Waals surface area contributed by atoms with Gasteiger partial charge in [-0.25, -0.2) is 4.39 Å². The van der Waals surface area contributed by atoms with Gasteiger partial charge in [0.25, 0.3) is 0 Å². The fourth-order valence-corrected chi connectivity index (χ4v) is 3.95. The summed E-state index contributed by atoms with van der Waals surface area (Å²) >= 11 is 0. The quantitative estimate of drug-likeness (QED) is 0.793. The molecule has 0 bridgehead atoms. The number of hydrogen-bond donors (Lipinski definition) is 1. The first-order valence-electron chi connectivity index (χ1n) is 9.69. The van der Waals surface area contributed by atoms with E-state index in [1.165, 1.54) is 6.07 Å². The molecule has 2 heterocycles. The molecular formula is C20H28FN3O2. The van der Waals surface area contributed by atoms with Crippen LogP contribution in [0.3, 0.4) is 0 Å². The molecule has 0 aliphatic carbocycles. The van der Waals surface area contributed by atoms with Crippen LogP contribution in [-0.4, -0.2) is 48.9 Å². The van der Waals surface area contributed by atoms with Gasteiger partial charge < -0.3 is 10.2 Å². The van der Waals surface area contributed by atoms with Crippen LogP contribution in [0.15, 0.2) is 24.3 Å². The van der Waals surface area contributed by atoms with Crippen LogP contribution in [-0.2, 0) is 9.59 Å². The highest BCUT2D eigenvalue weighted by Gasteiger charge is 2.40. The van der Waals surface area contributed by atoms with E-state index in [0.717, 1.165) is 38.8 Å². The number of rotatable bonds is 6. The largest absolute Gasteiger partial charge is 0.356 e. The molecule has 1 aromatic rings. The van der Waals surface area contributed by atoms with Crippen LogP contribution < -0.4 is 10.2 Å². The Bertz CT molecular complexity index is 652. The normalized spacial score (nSPS) is 24.1. The first kappa shape index (κ1) is 18.8. The summed E-state index contributed by atoms with van der Waals surface area (Å²) in [5.41, 5.74) is 0.353. The molecule has 2 fully saturated rings. The molecule has 26 heavy (non-hydrogen) atoms. The Balaban J connectivity index is 1.61. The van der Waals surface area contributed by atoms with Crippen LogP contribution >= 0.6 is 0 Å². The van der Waals surface area contributed by atoms with E-state index in [4.69, 9.17) is 0 Å². The molecule has 2 unspecified atom stereocenters. The maximum Gasteiger partial charge on any atom is 0.244 e. The molecule has 0 saturated carbocycles. The molecule has 142 valence electrons. The Hall–Kier alpha value is -1.95. The first-order valence-corrected chi connectivity index (χ1v) is 9.69. The number of hydrogen-bond acceptors (Lipinski definition) is 3. The van der Waals surface area contributed by atoms with Gasteiger partial charge in [0.15, 0.2) is 0 Å². The third kappa shape index (κ3) is 4.06. The van der Waals surface area contributed by atoms with Gasteiger partial charge in [0.05, 0.1) is 17.6 Å². The Morgan fingerprint density at radius 2 is 2.08 bits per heavy atom. The average molecular weight is 361 g/mol. The SMILES string of the molecule is CCCCNC(=O)C1CCCN(C2CCN(c3ccccc3F)C2=O)C1. The molecule has 0 aromatic heterocycles. The van der Waals surface area contributed by atoms with Crippen LogP contribution in [0.25, 0.3) is 0 Å². The van der Waals surface area contributed by atoms with Crippen molar-refractivity contribution < 1.29 is 14.0 Å². The molecule has 3 rings (SSSR count). The molecule has 2 saturated heterocycles. The summed E-state index contributed by atoms with van der Waals surface area (Å²) in [5.74, 6) is -0.383. The zero-order chi connectivity index (χ0) is 18.5. The molecule has 2 atom stereocenters. The van der Waals surface area contributed by atoms with Crippen LogP contribution in [0.1, 0.15) is 39.0 Å². The zero-order valence-corrected chi connectivity index (χ0v) is 15.4. The number of benzene rings is 1.